The SMILES string of the molecule is C[C@H](CCc1ccccc1)NC(=O)COc1ccc(S(=O)(=O)Nc2cc(Cl)cc(Cl)c2)cc1. The molecular formula is C24H24Cl2N2O4S. The molecule has 0 bridgehead atoms. The minimum atomic E-state index is -3.84. The number of sulfonamides is 1. The number of ether oxygens (including phenoxy) is 1. The number of aryl methyl sites for hydroxylation is 1. The van der Waals surface area contributed by atoms with Crippen LogP contribution < -0.4 is 14.8 Å². The van der Waals surface area contributed by atoms with Gasteiger partial charge in [0.2, 0.25) is 0 Å². The summed E-state index contributed by atoms with van der Waals surface area (Å²) in [6.45, 7) is 1.78. The van der Waals surface area contributed by atoms with Crippen LogP contribution in [0.25, 0.3) is 0 Å². The number of anilines is 1. The molecule has 3 aromatic rings. The fourth-order valence-electron chi connectivity index (χ4n) is 3.11. The lowest BCUT2D eigenvalue weighted by Crippen LogP contribution is -2.36. The van der Waals surface area contributed by atoms with E-state index in [4.69, 9.17) is 27.9 Å². The maximum absolute atomic E-state index is 12.6. The molecule has 3 aromatic carbocycles. The molecule has 2 N–H and O–H groups in total. The van der Waals surface area contributed by atoms with E-state index in [9.17, 15) is 13.2 Å². The average molecular weight is 507 g/mol. The first-order valence-corrected chi connectivity index (χ1v) is 12.5. The number of benzene rings is 3. The normalized spacial score (nSPS) is 12.1. The summed E-state index contributed by atoms with van der Waals surface area (Å²) >= 11 is 11.8. The van der Waals surface area contributed by atoms with Crippen molar-refractivity contribution in [2.75, 3.05) is 11.3 Å². The van der Waals surface area contributed by atoms with Gasteiger partial charge in [0, 0.05) is 16.1 Å². The van der Waals surface area contributed by atoms with Gasteiger partial charge < -0.3 is 10.1 Å². The molecule has 0 radical (unpaired) electrons. The Labute approximate surface area is 203 Å². The fourth-order valence-corrected chi connectivity index (χ4v) is 4.67. The van der Waals surface area contributed by atoms with Gasteiger partial charge in [0.05, 0.1) is 10.6 Å². The van der Waals surface area contributed by atoms with Crippen LogP contribution in [0.5, 0.6) is 5.75 Å². The van der Waals surface area contributed by atoms with Crippen molar-refractivity contribution in [3.8, 4) is 5.75 Å². The Kier molecular flexibility index (Phi) is 8.61. The highest BCUT2D eigenvalue weighted by molar-refractivity contribution is 7.92. The summed E-state index contributed by atoms with van der Waals surface area (Å²) in [6.07, 6.45) is 1.68. The van der Waals surface area contributed by atoms with Crippen molar-refractivity contribution >= 4 is 44.8 Å². The second kappa shape index (κ2) is 11.4. The van der Waals surface area contributed by atoms with Crippen molar-refractivity contribution in [3.63, 3.8) is 0 Å². The lowest BCUT2D eigenvalue weighted by molar-refractivity contribution is -0.123. The van der Waals surface area contributed by atoms with Crippen molar-refractivity contribution in [1.29, 1.82) is 0 Å². The Morgan fingerprint density at radius 1 is 0.970 bits per heavy atom. The van der Waals surface area contributed by atoms with E-state index in [1.807, 2.05) is 25.1 Å². The molecule has 1 amide bonds. The Hall–Kier alpha value is -2.74. The third-order valence-electron chi connectivity index (χ3n) is 4.73. The quantitative estimate of drug-likeness (QED) is 0.390. The first kappa shape index (κ1) is 24.9. The summed E-state index contributed by atoms with van der Waals surface area (Å²) in [7, 11) is -3.84. The van der Waals surface area contributed by atoms with E-state index in [2.05, 4.69) is 22.2 Å². The van der Waals surface area contributed by atoms with Gasteiger partial charge in [0.15, 0.2) is 6.61 Å². The zero-order valence-electron chi connectivity index (χ0n) is 17.9. The maximum Gasteiger partial charge on any atom is 0.261 e. The lowest BCUT2D eigenvalue weighted by atomic mass is 10.1. The number of amides is 1. The fraction of sp³-hybridized carbons (Fsp3) is 0.208. The molecule has 0 spiro atoms. The van der Waals surface area contributed by atoms with E-state index in [0.29, 0.717) is 15.8 Å². The Morgan fingerprint density at radius 2 is 1.61 bits per heavy atom. The van der Waals surface area contributed by atoms with Crippen molar-refractivity contribution in [1.82, 2.24) is 5.32 Å². The van der Waals surface area contributed by atoms with E-state index < -0.39 is 10.0 Å². The Bertz CT molecular complexity index is 1170. The zero-order chi connectivity index (χ0) is 23.8. The van der Waals surface area contributed by atoms with Crippen molar-refractivity contribution < 1.29 is 17.9 Å². The van der Waals surface area contributed by atoms with Gasteiger partial charge in [0.25, 0.3) is 15.9 Å². The molecule has 0 fully saturated rings. The number of hydrogen-bond donors (Lipinski definition) is 2. The summed E-state index contributed by atoms with van der Waals surface area (Å²) in [4.78, 5) is 12.2. The Balaban J connectivity index is 1.49. The van der Waals surface area contributed by atoms with Gasteiger partial charge in [-0.25, -0.2) is 8.42 Å². The van der Waals surface area contributed by atoms with E-state index >= 15 is 0 Å². The highest BCUT2D eigenvalue weighted by Crippen LogP contribution is 2.25. The van der Waals surface area contributed by atoms with Crippen LogP contribution in [0.3, 0.4) is 0 Å². The highest BCUT2D eigenvalue weighted by atomic mass is 35.5. The van der Waals surface area contributed by atoms with Crippen LogP contribution in [0, 0.1) is 0 Å². The highest BCUT2D eigenvalue weighted by Gasteiger charge is 2.15. The standard InChI is InChI=1S/C24H24Cl2N2O4S/c1-17(7-8-18-5-3-2-4-6-18)27-24(29)16-32-22-9-11-23(12-10-22)33(30,31)28-21-14-19(25)13-20(26)15-21/h2-6,9-15,17,28H,7-8,16H2,1H3,(H,27,29)/t17-/m1/s1. The monoisotopic (exact) mass is 506 g/mol. The molecule has 0 aliphatic heterocycles. The summed E-state index contributed by atoms with van der Waals surface area (Å²) < 4.78 is 33.1. The number of carbonyl (C=O) groups excluding carboxylic acids is 1. The Morgan fingerprint density at radius 3 is 2.24 bits per heavy atom. The molecule has 0 aromatic heterocycles. The first-order valence-electron chi connectivity index (χ1n) is 10.3. The van der Waals surface area contributed by atoms with Crippen LogP contribution in [-0.4, -0.2) is 27.0 Å². The van der Waals surface area contributed by atoms with E-state index in [1.54, 1.807) is 0 Å². The van der Waals surface area contributed by atoms with Gasteiger partial charge in [-0.1, -0.05) is 53.5 Å². The molecule has 0 heterocycles. The van der Waals surface area contributed by atoms with Gasteiger partial charge in [0.1, 0.15) is 5.75 Å². The molecule has 3 rings (SSSR count). The molecule has 6 nitrogen and oxygen atoms in total. The van der Waals surface area contributed by atoms with E-state index in [0.717, 1.165) is 12.8 Å². The lowest BCUT2D eigenvalue weighted by Gasteiger charge is -2.14. The predicted molar refractivity (Wildman–Crippen MR) is 132 cm³/mol. The molecule has 0 unspecified atom stereocenters. The maximum atomic E-state index is 12.6. The van der Waals surface area contributed by atoms with Gasteiger partial charge >= 0.3 is 0 Å². The number of nitrogens with one attached hydrogen (secondary N) is 2. The molecule has 0 aliphatic carbocycles. The minimum absolute atomic E-state index is 0.0000992. The molecule has 33 heavy (non-hydrogen) atoms. The molecule has 1 atom stereocenters. The van der Waals surface area contributed by atoms with Crippen LogP contribution in [0.2, 0.25) is 10.0 Å². The van der Waals surface area contributed by atoms with Crippen LogP contribution in [0.4, 0.5) is 5.69 Å². The third-order valence-corrected chi connectivity index (χ3v) is 6.57. The third kappa shape index (κ3) is 7.96. The number of rotatable bonds is 10. The second-order valence-electron chi connectivity index (χ2n) is 7.52. The average Bonchev–Trinajstić information content (AvgIpc) is 2.76. The van der Waals surface area contributed by atoms with Gasteiger partial charge in [-0.05, 0) is 67.8 Å². The molecule has 0 saturated carbocycles. The van der Waals surface area contributed by atoms with Crippen LogP contribution in [-0.2, 0) is 21.2 Å². The van der Waals surface area contributed by atoms with Crippen LogP contribution in [0.1, 0.15) is 18.9 Å². The molecule has 9 heteroatoms. The van der Waals surface area contributed by atoms with Gasteiger partial charge in [-0.2, -0.15) is 0 Å². The zero-order valence-corrected chi connectivity index (χ0v) is 20.3. The summed E-state index contributed by atoms with van der Waals surface area (Å²) in [5, 5.41) is 3.53. The molecule has 0 aliphatic rings. The summed E-state index contributed by atoms with van der Waals surface area (Å²) in [5.74, 6) is 0.138. The van der Waals surface area contributed by atoms with Crippen LogP contribution in [0.15, 0.2) is 77.7 Å². The molecular weight excluding hydrogens is 483 g/mol. The van der Waals surface area contributed by atoms with E-state index in [-0.39, 0.29) is 29.1 Å². The van der Waals surface area contributed by atoms with Gasteiger partial charge in [-0.15, -0.1) is 0 Å². The first-order chi connectivity index (χ1) is 15.7. The predicted octanol–water partition coefficient (Wildman–Crippen LogP) is 5.31. The molecule has 174 valence electrons. The number of carbonyl (C=O) groups is 1. The molecule has 0 saturated heterocycles. The minimum Gasteiger partial charge on any atom is -0.484 e. The largest absolute Gasteiger partial charge is 0.484 e. The topological polar surface area (TPSA) is 84.5 Å². The van der Waals surface area contributed by atoms with Crippen LogP contribution >= 0.6 is 23.2 Å². The summed E-state index contributed by atoms with van der Waals surface area (Å²) in [5.41, 5.74) is 1.48. The summed E-state index contributed by atoms with van der Waals surface area (Å²) in [6, 6.07) is 20.3. The number of halogens is 2. The smallest absolute Gasteiger partial charge is 0.261 e. The van der Waals surface area contributed by atoms with Crippen molar-refractivity contribution in [2.24, 2.45) is 0 Å². The van der Waals surface area contributed by atoms with Crippen molar-refractivity contribution in [3.05, 3.63) is 88.4 Å². The second-order valence-corrected chi connectivity index (χ2v) is 10.1. The van der Waals surface area contributed by atoms with E-state index in [1.165, 1.54) is 48.0 Å². The number of hydrogen-bond acceptors (Lipinski definition) is 4. The van der Waals surface area contributed by atoms with Crippen molar-refractivity contribution in [2.45, 2.75) is 30.7 Å². The van der Waals surface area contributed by atoms with Gasteiger partial charge in [-0.3, -0.25) is 9.52 Å².